The first-order valence-electron chi connectivity index (χ1n) is 5.59. The van der Waals surface area contributed by atoms with Crippen molar-refractivity contribution in [1.82, 2.24) is 10.2 Å². The number of H-pyrrole nitrogens is 1. The van der Waals surface area contributed by atoms with Crippen molar-refractivity contribution >= 4 is 17.3 Å². The van der Waals surface area contributed by atoms with Crippen LogP contribution in [0, 0.1) is 10.1 Å². The highest BCUT2D eigenvalue weighted by Crippen LogP contribution is 2.29. The smallest absolute Gasteiger partial charge is 0.293 e. The number of benzene rings is 1. The molecule has 1 amide bonds. The molecule has 0 atom stereocenters. The van der Waals surface area contributed by atoms with E-state index in [1.165, 1.54) is 31.2 Å². The molecular formula is C12H10N4O4. The minimum atomic E-state index is -0.597. The van der Waals surface area contributed by atoms with Crippen LogP contribution in [0.15, 0.2) is 35.1 Å². The predicted molar refractivity (Wildman–Crippen MR) is 71.3 cm³/mol. The summed E-state index contributed by atoms with van der Waals surface area (Å²) in [5.74, 6) is -0.400. The Labute approximate surface area is 112 Å². The van der Waals surface area contributed by atoms with Gasteiger partial charge in [0.25, 0.3) is 11.2 Å². The summed E-state index contributed by atoms with van der Waals surface area (Å²) < 4.78 is 0. The van der Waals surface area contributed by atoms with Crippen LogP contribution in [0.4, 0.5) is 11.4 Å². The third-order valence-electron chi connectivity index (χ3n) is 2.48. The molecule has 1 aromatic heterocycles. The SMILES string of the molecule is CC(=O)Nc1ccc(-c2ccc(=O)[nH]n2)cc1[N+](=O)[O-]. The highest BCUT2D eigenvalue weighted by atomic mass is 16.6. The zero-order valence-corrected chi connectivity index (χ0v) is 10.4. The van der Waals surface area contributed by atoms with Gasteiger partial charge in [0.05, 0.1) is 10.6 Å². The number of amides is 1. The maximum absolute atomic E-state index is 11.0. The molecule has 0 aliphatic heterocycles. The largest absolute Gasteiger partial charge is 0.321 e. The number of nitrogens with one attached hydrogen (secondary N) is 2. The topological polar surface area (TPSA) is 118 Å². The molecule has 1 aromatic carbocycles. The molecule has 2 aromatic rings. The van der Waals surface area contributed by atoms with Crippen LogP contribution in [0.25, 0.3) is 11.3 Å². The third-order valence-corrected chi connectivity index (χ3v) is 2.48. The summed E-state index contributed by atoms with van der Waals surface area (Å²) in [7, 11) is 0. The molecule has 8 nitrogen and oxygen atoms in total. The monoisotopic (exact) mass is 274 g/mol. The fraction of sp³-hybridized carbons (Fsp3) is 0.0833. The summed E-state index contributed by atoms with van der Waals surface area (Å²) in [6, 6.07) is 7.00. The van der Waals surface area contributed by atoms with Gasteiger partial charge in [0, 0.05) is 24.6 Å². The van der Waals surface area contributed by atoms with E-state index in [-0.39, 0.29) is 16.9 Å². The van der Waals surface area contributed by atoms with E-state index in [0.29, 0.717) is 11.3 Å². The Morgan fingerprint density at radius 3 is 2.65 bits per heavy atom. The molecule has 0 saturated heterocycles. The first-order valence-corrected chi connectivity index (χ1v) is 5.59. The Kier molecular flexibility index (Phi) is 3.56. The first-order chi connectivity index (χ1) is 9.47. The van der Waals surface area contributed by atoms with E-state index in [2.05, 4.69) is 15.5 Å². The van der Waals surface area contributed by atoms with E-state index >= 15 is 0 Å². The van der Waals surface area contributed by atoms with Gasteiger partial charge in [-0.05, 0) is 12.1 Å². The van der Waals surface area contributed by atoms with E-state index < -0.39 is 10.8 Å². The lowest BCUT2D eigenvalue weighted by atomic mass is 10.1. The maximum atomic E-state index is 11.0. The van der Waals surface area contributed by atoms with E-state index in [0.717, 1.165) is 0 Å². The van der Waals surface area contributed by atoms with Crippen molar-refractivity contribution in [3.8, 4) is 11.3 Å². The fourth-order valence-corrected chi connectivity index (χ4v) is 1.64. The molecule has 0 spiro atoms. The van der Waals surface area contributed by atoms with Crippen LogP contribution in [-0.4, -0.2) is 21.0 Å². The van der Waals surface area contributed by atoms with Crippen molar-refractivity contribution in [3.63, 3.8) is 0 Å². The highest BCUT2D eigenvalue weighted by molar-refractivity contribution is 5.92. The summed E-state index contributed by atoms with van der Waals surface area (Å²) in [4.78, 5) is 32.3. The molecule has 0 fully saturated rings. The molecule has 2 N–H and O–H groups in total. The van der Waals surface area contributed by atoms with Crippen LogP contribution in [0.3, 0.4) is 0 Å². The van der Waals surface area contributed by atoms with E-state index in [4.69, 9.17) is 0 Å². The number of nitro benzene ring substituents is 1. The molecule has 0 aliphatic rings. The van der Waals surface area contributed by atoms with Crippen LogP contribution in [0.1, 0.15) is 6.92 Å². The van der Waals surface area contributed by atoms with Gasteiger partial charge < -0.3 is 5.32 Å². The van der Waals surface area contributed by atoms with E-state index in [9.17, 15) is 19.7 Å². The number of nitrogens with zero attached hydrogens (tertiary/aromatic N) is 2. The Hall–Kier alpha value is -3.03. The fourth-order valence-electron chi connectivity index (χ4n) is 1.64. The quantitative estimate of drug-likeness (QED) is 0.646. The maximum Gasteiger partial charge on any atom is 0.293 e. The van der Waals surface area contributed by atoms with Crippen molar-refractivity contribution in [1.29, 1.82) is 0 Å². The number of carbonyl (C=O) groups excluding carboxylic acids is 1. The molecule has 8 heteroatoms. The normalized spacial score (nSPS) is 10.1. The number of nitro groups is 1. The average molecular weight is 274 g/mol. The molecule has 0 unspecified atom stereocenters. The van der Waals surface area contributed by atoms with Crippen molar-refractivity contribution in [3.05, 3.63) is 50.8 Å². The molecule has 20 heavy (non-hydrogen) atoms. The third kappa shape index (κ3) is 2.86. The van der Waals surface area contributed by atoms with Gasteiger partial charge in [-0.2, -0.15) is 5.10 Å². The molecule has 0 saturated carbocycles. The van der Waals surface area contributed by atoms with Gasteiger partial charge in [0.15, 0.2) is 0 Å². The Morgan fingerprint density at radius 1 is 1.35 bits per heavy atom. The van der Waals surface area contributed by atoms with Crippen molar-refractivity contribution in [2.45, 2.75) is 6.92 Å². The Morgan fingerprint density at radius 2 is 2.10 bits per heavy atom. The zero-order valence-electron chi connectivity index (χ0n) is 10.4. The number of rotatable bonds is 3. The van der Waals surface area contributed by atoms with Crippen LogP contribution >= 0.6 is 0 Å². The molecule has 1 heterocycles. The minimum Gasteiger partial charge on any atom is -0.321 e. The van der Waals surface area contributed by atoms with Crippen LogP contribution < -0.4 is 10.9 Å². The van der Waals surface area contributed by atoms with Crippen LogP contribution in [0.2, 0.25) is 0 Å². The molecule has 2 rings (SSSR count). The Balaban J connectivity index is 2.49. The predicted octanol–water partition coefficient (Wildman–Crippen LogP) is 1.30. The lowest BCUT2D eigenvalue weighted by Gasteiger charge is -2.05. The average Bonchev–Trinajstić information content (AvgIpc) is 2.39. The number of aromatic nitrogens is 2. The van der Waals surface area contributed by atoms with Crippen molar-refractivity contribution in [2.75, 3.05) is 5.32 Å². The number of aromatic amines is 1. The van der Waals surface area contributed by atoms with Gasteiger partial charge in [-0.3, -0.25) is 19.7 Å². The second-order valence-corrected chi connectivity index (χ2v) is 3.98. The zero-order chi connectivity index (χ0) is 14.7. The van der Waals surface area contributed by atoms with E-state index in [1.54, 1.807) is 6.07 Å². The summed E-state index contributed by atoms with van der Waals surface area (Å²) in [5, 5.41) is 19.4. The minimum absolute atomic E-state index is 0.107. The summed E-state index contributed by atoms with van der Waals surface area (Å²) in [5.41, 5.74) is 0.351. The van der Waals surface area contributed by atoms with E-state index in [1.807, 2.05) is 0 Å². The van der Waals surface area contributed by atoms with Gasteiger partial charge in [-0.25, -0.2) is 5.10 Å². The number of anilines is 1. The van der Waals surface area contributed by atoms with Gasteiger partial charge in [0.2, 0.25) is 5.91 Å². The van der Waals surface area contributed by atoms with Gasteiger partial charge in [-0.15, -0.1) is 0 Å². The number of carbonyl (C=O) groups is 1. The molecule has 102 valence electrons. The number of hydrogen-bond acceptors (Lipinski definition) is 5. The van der Waals surface area contributed by atoms with Crippen molar-refractivity contribution < 1.29 is 9.72 Å². The van der Waals surface area contributed by atoms with Gasteiger partial charge in [-0.1, -0.05) is 6.07 Å². The van der Waals surface area contributed by atoms with Crippen LogP contribution in [0.5, 0.6) is 0 Å². The summed E-state index contributed by atoms with van der Waals surface area (Å²) in [6.07, 6.45) is 0. The lowest BCUT2D eigenvalue weighted by molar-refractivity contribution is -0.383. The Bertz CT molecular complexity index is 718. The molecule has 0 aliphatic carbocycles. The summed E-state index contributed by atoms with van der Waals surface area (Å²) in [6.45, 7) is 1.27. The standard InChI is InChI=1S/C12H10N4O4/c1-7(17)13-10-3-2-8(6-11(10)16(19)20)9-4-5-12(18)15-14-9/h2-6H,1H3,(H,13,17)(H,15,18). The molecule has 0 radical (unpaired) electrons. The lowest BCUT2D eigenvalue weighted by Crippen LogP contribution is -2.08. The number of hydrogen-bond donors (Lipinski definition) is 2. The second-order valence-electron chi connectivity index (χ2n) is 3.98. The van der Waals surface area contributed by atoms with Gasteiger partial charge in [0.1, 0.15) is 5.69 Å². The summed E-state index contributed by atoms with van der Waals surface area (Å²) >= 11 is 0. The highest BCUT2D eigenvalue weighted by Gasteiger charge is 2.16. The first kappa shape index (κ1) is 13.4. The second kappa shape index (κ2) is 5.31. The molecule has 0 bridgehead atoms. The van der Waals surface area contributed by atoms with Crippen molar-refractivity contribution in [2.24, 2.45) is 0 Å². The van der Waals surface area contributed by atoms with Gasteiger partial charge >= 0.3 is 0 Å². The van der Waals surface area contributed by atoms with Crippen LogP contribution in [-0.2, 0) is 4.79 Å². The molecular weight excluding hydrogens is 264 g/mol.